The molecule has 0 aliphatic carbocycles. The number of nitrogens with one attached hydrogen (secondary N) is 2. The molecule has 128 valence electrons. The maximum atomic E-state index is 5.90. The first-order chi connectivity index (χ1) is 11.8. The second-order valence-corrected chi connectivity index (χ2v) is 6.43. The molecular formula is C20H27N3O. The van der Waals surface area contributed by atoms with Crippen molar-refractivity contribution in [2.75, 3.05) is 12.3 Å². The van der Waals surface area contributed by atoms with Gasteiger partial charge in [-0.05, 0) is 48.2 Å². The van der Waals surface area contributed by atoms with E-state index in [1.165, 1.54) is 24.0 Å². The number of hydrogen-bond donors (Lipinski definition) is 3. The third-order valence-corrected chi connectivity index (χ3v) is 4.49. The van der Waals surface area contributed by atoms with Gasteiger partial charge in [0.1, 0.15) is 5.75 Å². The molecule has 24 heavy (non-hydrogen) atoms. The highest BCUT2D eigenvalue weighted by atomic mass is 16.5. The highest BCUT2D eigenvalue weighted by Crippen LogP contribution is 2.32. The first-order valence-electron chi connectivity index (χ1n) is 8.85. The third-order valence-electron chi connectivity index (χ3n) is 4.49. The van der Waals surface area contributed by atoms with E-state index in [0.29, 0.717) is 0 Å². The quantitative estimate of drug-likeness (QED) is 0.529. The lowest BCUT2D eigenvalue weighted by Gasteiger charge is -2.12. The number of rotatable bonds is 7. The van der Waals surface area contributed by atoms with E-state index in [9.17, 15) is 0 Å². The fourth-order valence-corrected chi connectivity index (χ4v) is 3.13. The molecule has 1 aliphatic rings. The first kappa shape index (κ1) is 16.8. The predicted molar refractivity (Wildman–Crippen MR) is 98.7 cm³/mol. The monoisotopic (exact) mass is 325 g/mol. The average Bonchev–Trinajstić information content (AvgIpc) is 3.09. The molecule has 0 aromatic heterocycles. The number of hydrazine groups is 1. The highest BCUT2D eigenvalue weighted by molar-refractivity contribution is 5.42. The molecule has 1 heterocycles. The van der Waals surface area contributed by atoms with E-state index in [-0.39, 0.29) is 12.1 Å². The second kappa shape index (κ2) is 8.18. The molecule has 1 aliphatic heterocycles. The number of benzene rings is 2. The number of unbranched alkanes of at least 4 members (excludes halogenated alkanes) is 2. The molecule has 0 amide bonds. The SMILES string of the molecule is CCCCCOc1cccc(C2CC(c3cccc(N)c3)NN2)c1. The summed E-state index contributed by atoms with van der Waals surface area (Å²) >= 11 is 0. The van der Waals surface area contributed by atoms with Crippen LogP contribution in [0, 0.1) is 0 Å². The van der Waals surface area contributed by atoms with Gasteiger partial charge in [-0.1, -0.05) is 44.0 Å². The largest absolute Gasteiger partial charge is 0.494 e. The summed E-state index contributed by atoms with van der Waals surface area (Å²) in [6.07, 6.45) is 4.53. The van der Waals surface area contributed by atoms with E-state index < -0.39 is 0 Å². The number of anilines is 1. The standard InChI is InChI=1S/C20H27N3O/c1-2-3-4-11-24-18-10-6-8-16(13-18)20-14-19(22-23-20)15-7-5-9-17(21)12-15/h5-10,12-13,19-20,22-23H,2-4,11,14,21H2,1H3. The van der Waals surface area contributed by atoms with Crippen molar-refractivity contribution in [3.8, 4) is 5.75 Å². The van der Waals surface area contributed by atoms with Crippen LogP contribution in [0.2, 0.25) is 0 Å². The Morgan fingerprint density at radius 2 is 1.71 bits per heavy atom. The van der Waals surface area contributed by atoms with Crippen molar-refractivity contribution >= 4 is 5.69 Å². The van der Waals surface area contributed by atoms with Crippen LogP contribution < -0.4 is 21.3 Å². The lowest BCUT2D eigenvalue weighted by atomic mass is 9.97. The van der Waals surface area contributed by atoms with E-state index in [1.54, 1.807) is 0 Å². The van der Waals surface area contributed by atoms with Gasteiger partial charge in [0.05, 0.1) is 6.61 Å². The van der Waals surface area contributed by atoms with Crippen LogP contribution in [0.4, 0.5) is 5.69 Å². The Hall–Kier alpha value is -2.04. The lowest BCUT2D eigenvalue weighted by molar-refractivity contribution is 0.305. The number of nitrogen functional groups attached to an aromatic ring is 1. The number of nitrogens with two attached hydrogens (primary N) is 1. The van der Waals surface area contributed by atoms with Gasteiger partial charge in [0.15, 0.2) is 0 Å². The van der Waals surface area contributed by atoms with Crippen molar-refractivity contribution in [3.63, 3.8) is 0 Å². The van der Waals surface area contributed by atoms with Gasteiger partial charge in [0, 0.05) is 17.8 Å². The molecule has 4 nitrogen and oxygen atoms in total. The fourth-order valence-electron chi connectivity index (χ4n) is 3.13. The van der Waals surface area contributed by atoms with Crippen molar-refractivity contribution in [2.45, 2.75) is 44.7 Å². The zero-order chi connectivity index (χ0) is 16.8. The molecule has 2 atom stereocenters. The highest BCUT2D eigenvalue weighted by Gasteiger charge is 2.26. The summed E-state index contributed by atoms with van der Waals surface area (Å²) in [6, 6.07) is 17.0. The summed E-state index contributed by atoms with van der Waals surface area (Å²) in [5.41, 5.74) is 16.0. The minimum atomic E-state index is 0.271. The molecule has 0 radical (unpaired) electrons. The molecule has 1 saturated heterocycles. The van der Waals surface area contributed by atoms with Gasteiger partial charge >= 0.3 is 0 Å². The van der Waals surface area contributed by atoms with Gasteiger partial charge in [-0.3, -0.25) is 0 Å². The van der Waals surface area contributed by atoms with Crippen molar-refractivity contribution in [1.29, 1.82) is 0 Å². The van der Waals surface area contributed by atoms with Crippen LogP contribution in [0.3, 0.4) is 0 Å². The van der Waals surface area contributed by atoms with E-state index in [1.807, 2.05) is 24.3 Å². The molecule has 4 heteroatoms. The lowest BCUT2D eigenvalue weighted by Crippen LogP contribution is -2.26. The molecule has 2 aromatic carbocycles. The topological polar surface area (TPSA) is 59.3 Å². The number of ether oxygens (including phenoxy) is 1. The molecule has 1 fully saturated rings. The zero-order valence-corrected chi connectivity index (χ0v) is 14.3. The van der Waals surface area contributed by atoms with Gasteiger partial charge in [-0.15, -0.1) is 0 Å². The number of hydrogen-bond acceptors (Lipinski definition) is 4. The third kappa shape index (κ3) is 4.28. The van der Waals surface area contributed by atoms with Crippen LogP contribution in [0.1, 0.15) is 55.8 Å². The molecule has 4 N–H and O–H groups in total. The van der Waals surface area contributed by atoms with Crippen LogP contribution in [-0.2, 0) is 0 Å². The molecule has 2 unspecified atom stereocenters. The minimum absolute atomic E-state index is 0.271. The molecule has 0 spiro atoms. The van der Waals surface area contributed by atoms with Crippen molar-refractivity contribution in [2.24, 2.45) is 0 Å². The van der Waals surface area contributed by atoms with Crippen LogP contribution in [0.25, 0.3) is 0 Å². The maximum absolute atomic E-state index is 5.90. The molecule has 0 saturated carbocycles. The van der Waals surface area contributed by atoms with E-state index in [0.717, 1.165) is 30.9 Å². The Morgan fingerprint density at radius 1 is 1.00 bits per heavy atom. The Balaban J connectivity index is 1.61. The Kier molecular flexibility index (Phi) is 5.72. The van der Waals surface area contributed by atoms with E-state index in [4.69, 9.17) is 10.5 Å². The van der Waals surface area contributed by atoms with Crippen LogP contribution >= 0.6 is 0 Å². The maximum Gasteiger partial charge on any atom is 0.119 e. The molecule has 0 bridgehead atoms. The van der Waals surface area contributed by atoms with Crippen LogP contribution in [-0.4, -0.2) is 6.61 Å². The van der Waals surface area contributed by atoms with Gasteiger partial charge in [0.25, 0.3) is 0 Å². The van der Waals surface area contributed by atoms with Crippen LogP contribution in [0.15, 0.2) is 48.5 Å². The van der Waals surface area contributed by atoms with Gasteiger partial charge in [-0.2, -0.15) is 0 Å². The Labute approximate surface area is 144 Å². The second-order valence-electron chi connectivity index (χ2n) is 6.43. The smallest absolute Gasteiger partial charge is 0.119 e. The summed E-state index contributed by atoms with van der Waals surface area (Å²) in [5.74, 6) is 0.956. The van der Waals surface area contributed by atoms with E-state index >= 15 is 0 Å². The minimum Gasteiger partial charge on any atom is -0.494 e. The summed E-state index contributed by atoms with van der Waals surface area (Å²) < 4.78 is 5.87. The van der Waals surface area contributed by atoms with E-state index in [2.05, 4.69) is 42.0 Å². The summed E-state index contributed by atoms with van der Waals surface area (Å²) in [7, 11) is 0. The summed E-state index contributed by atoms with van der Waals surface area (Å²) in [4.78, 5) is 0. The molecular weight excluding hydrogens is 298 g/mol. The normalized spacial score (nSPS) is 20.2. The molecule has 3 rings (SSSR count). The summed E-state index contributed by atoms with van der Waals surface area (Å²) in [6.45, 7) is 3.00. The Morgan fingerprint density at radius 3 is 2.42 bits per heavy atom. The summed E-state index contributed by atoms with van der Waals surface area (Å²) in [5, 5.41) is 0. The van der Waals surface area contributed by atoms with Gasteiger partial charge in [-0.25, -0.2) is 10.9 Å². The van der Waals surface area contributed by atoms with Crippen molar-refractivity contribution < 1.29 is 4.74 Å². The van der Waals surface area contributed by atoms with Crippen molar-refractivity contribution in [3.05, 3.63) is 59.7 Å². The predicted octanol–water partition coefficient (Wildman–Crippen LogP) is 4.12. The first-order valence-corrected chi connectivity index (χ1v) is 8.85. The fraction of sp³-hybridized carbons (Fsp3) is 0.400. The van der Waals surface area contributed by atoms with Crippen molar-refractivity contribution in [1.82, 2.24) is 10.9 Å². The zero-order valence-electron chi connectivity index (χ0n) is 14.3. The Bertz CT molecular complexity index is 659. The molecule has 2 aromatic rings. The van der Waals surface area contributed by atoms with Gasteiger partial charge < -0.3 is 10.5 Å². The van der Waals surface area contributed by atoms with Crippen LogP contribution in [0.5, 0.6) is 5.75 Å². The average molecular weight is 325 g/mol. The van der Waals surface area contributed by atoms with Gasteiger partial charge in [0.2, 0.25) is 0 Å².